The molecule has 1 aliphatic heterocycles. The third-order valence-corrected chi connectivity index (χ3v) is 3.35. The van der Waals surface area contributed by atoms with E-state index < -0.39 is 5.97 Å². The summed E-state index contributed by atoms with van der Waals surface area (Å²) in [6, 6.07) is -0.191. The molecule has 1 rings (SSSR count). The zero-order valence-electron chi connectivity index (χ0n) is 9.88. The second kappa shape index (κ2) is 5.90. The summed E-state index contributed by atoms with van der Waals surface area (Å²) in [5.74, 6) is -0.535. The van der Waals surface area contributed by atoms with Gasteiger partial charge in [0, 0.05) is 6.04 Å². The van der Waals surface area contributed by atoms with E-state index in [9.17, 15) is 14.4 Å². The lowest BCUT2D eigenvalue weighted by atomic mass is 10.3. The number of nitrogens with zero attached hydrogens (tertiary/aromatic N) is 2. The van der Waals surface area contributed by atoms with Crippen molar-refractivity contribution in [3.8, 4) is 0 Å². The maximum atomic E-state index is 11.9. The first kappa shape index (κ1) is 13.8. The van der Waals surface area contributed by atoms with Crippen LogP contribution in [0.25, 0.3) is 0 Å². The van der Waals surface area contributed by atoms with Gasteiger partial charge < -0.3 is 14.9 Å². The van der Waals surface area contributed by atoms with Gasteiger partial charge >= 0.3 is 5.97 Å². The van der Waals surface area contributed by atoms with E-state index in [-0.39, 0.29) is 30.9 Å². The van der Waals surface area contributed by atoms with Crippen molar-refractivity contribution < 1.29 is 19.5 Å². The van der Waals surface area contributed by atoms with E-state index in [4.69, 9.17) is 5.11 Å². The average Bonchev–Trinajstić information content (AvgIpc) is 2.60. The quantitative estimate of drug-likeness (QED) is 0.743. The summed E-state index contributed by atoms with van der Waals surface area (Å²) in [5, 5.41) is 8.72. The molecule has 0 aromatic heterocycles. The normalized spacial score (nSPS) is 15.5. The smallest absolute Gasteiger partial charge is 0.323 e. The second-order valence-electron chi connectivity index (χ2n) is 4.08. The van der Waals surface area contributed by atoms with Gasteiger partial charge in [-0.15, -0.1) is 11.8 Å². The molecule has 2 amide bonds. The van der Waals surface area contributed by atoms with E-state index in [1.165, 1.54) is 21.6 Å². The first-order valence-corrected chi connectivity index (χ1v) is 6.44. The Balaban J connectivity index is 2.58. The molecular formula is C10H16N2O4S. The van der Waals surface area contributed by atoms with Crippen LogP contribution in [-0.4, -0.2) is 63.5 Å². The van der Waals surface area contributed by atoms with Crippen LogP contribution in [0.1, 0.15) is 13.8 Å². The molecule has 0 saturated carbocycles. The number of carboxylic acid groups (broad SMARTS) is 1. The molecule has 1 N–H and O–H groups in total. The van der Waals surface area contributed by atoms with Crippen molar-refractivity contribution in [2.45, 2.75) is 19.9 Å². The van der Waals surface area contributed by atoms with Crippen molar-refractivity contribution in [1.29, 1.82) is 0 Å². The number of carbonyl (C=O) groups excluding carboxylic acids is 2. The maximum absolute atomic E-state index is 11.9. The predicted molar refractivity (Wildman–Crippen MR) is 63.5 cm³/mol. The Hall–Kier alpha value is -1.24. The van der Waals surface area contributed by atoms with Crippen molar-refractivity contribution in [3.05, 3.63) is 0 Å². The summed E-state index contributed by atoms with van der Waals surface area (Å²) >= 11 is 1.46. The van der Waals surface area contributed by atoms with Gasteiger partial charge in [-0.05, 0) is 13.8 Å². The number of carbonyl (C=O) groups is 3. The van der Waals surface area contributed by atoms with Gasteiger partial charge in [-0.1, -0.05) is 0 Å². The van der Waals surface area contributed by atoms with Crippen molar-refractivity contribution >= 4 is 29.5 Å². The second-order valence-corrected chi connectivity index (χ2v) is 5.03. The molecular weight excluding hydrogens is 244 g/mol. The Kier molecular flexibility index (Phi) is 4.80. The molecule has 1 heterocycles. The molecule has 1 saturated heterocycles. The molecule has 6 nitrogen and oxygen atoms in total. The van der Waals surface area contributed by atoms with Gasteiger partial charge in [0.25, 0.3) is 0 Å². The molecule has 96 valence electrons. The lowest BCUT2D eigenvalue weighted by molar-refractivity contribution is -0.147. The van der Waals surface area contributed by atoms with Crippen LogP contribution < -0.4 is 0 Å². The first-order chi connectivity index (χ1) is 7.91. The molecule has 0 unspecified atom stereocenters. The maximum Gasteiger partial charge on any atom is 0.323 e. The molecule has 0 aromatic rings. The number of hydrogen-bond acceptors (Lipinski definition) is 4. The Bertz CT molecular complexity index is 332. The number of thioether (sulfide) groups is 1. The highest BCUT2D eigenvalue weighted by Gasteiger charge is 2.27. The molecule has 0 aliphatic carbocycles. The van der Waals surface area contributed by atoms with Gasteiger partial charge in [0.1, 0.15) is 13.1 Å². The standard InChI is InChI=1S/C10H16N2O4S/c1-7(2)12(4-10(15)16)8(13)3-11-6-17-5-9(11)14/h7H,3-6H2,1-2H3,(H,15,16). The summed E-state index contributed by atoms with van der Waals surface area (Å²) in [6.45, 7) is 3.14. The molecule has 17 heavy (non-hydrogen) atoms. The molecule has 0 spiro atoms. The largest absolute Gasteiger partial charge is 0.480 e. The molecule has 7 heteroatoms. The minimum Gasteiger partial charge on any atom is -0.480 e. The summed E-state index contributed by atoms with van der Waals surface area (Å²) in [4.78, 5) is 36.6. The van der Waals surface area contributed by atoms with Crippen molar-refractivity contribution in [1.82, 2.24) is 9.80 Å². The molecule has 1 aliphatic rings. The van der Waals surface area contributed by atoms with Gasteiger partial charge in [0.05, 0.1) is 11.6 Å². The van der Waals surface area contributed by atoms with Crippen LogP contribution in [0.2, 0.25) is 0 Å². The Morgan fingerprint density at radius 2 is 2.18 bits per heavy atom. The fraction of sp³-hybridized carbons (Fsp3) is 0.700. The van der Waals surface area contributed by atoms with E-state index >= 15 is 0 Å². The van der Waals surface area contributed by atoms with Crippen LogP contribution in [0, 0.1) is 0 Å². The van der Waals surface area contributed by atoms with E-state index in [1.54, 1.807) is 13.8 Å². The van der Waals surface area contributed by atoms with E-state index in [1.807, 2.05) is 0 Å². The summed E-state index contributed by atoms with van der Waals surface area (Å²) < 4.78 is 0. The van der Waals surface area contributed by atoms with Crippen molar-refractivity contribution in [3.63, 3.8) is 0 Å². The lowest BCUT2D eigenvalue weighted by Gasteiger charge is -2.27. The minimum atomic E-state index is -1.05. The topological polar surface area (TPSA) is 77.9 Å². The molecule has 1 fully saturated rings. The third-order valence-electron chi connectivity index (χ3n) is 2.40. The van der Waals surface area contributed by atoms with Crippen molar-refractivity contribution in [2.75, 3.05) is 24.7 Å². The third kappa shape index (κ3) is 3.92. The highest BCUT2D eigenvalue weighted by molar-refractivity contribution is 8.00. The molecule has 0 bridgehead atoms. The summed E-state index contributed by atoms with van der Waals surface area (Å²) in [7, 11) is 0. The highest BCUT2D eigenvalue weighted by atomic mass is 32.2. The Labute approximate surface area is 104 Å². The zero-order valence-corrected chi connectivity index (χ0v) is 10.7. The van der Waals surface area contributed by atoms with Crippen LogP contribution in [0.15, 0.2) is 0 Å². The number of carboxylic acids is 1. The number of hydrogen-bond donors (Lipinski definition) is 1. The van der Waals surface area contributed by atoms with Gasteiger partial charge in [-0.2, -0.15) is 0 Å². The molecule has 0 aromatic carbocycles. The fourth-order valence-corrected chi connectivity index (χ4v) is 2.40. The van der Waals surface area contributed by atoms with E-state index in [0.717, 1.165) is 0 Å². The average molecular weight is 260 g/mol. The van der Waals surface area contributed by atoms with Crippen LogP contribution in [0.4, 0.5) is 0 Å². The minimum absolute atomic E-state index is 0.0305. The zero-order chi connectivity index (χ0) is 13.0. The Morgan fingerprint density at radius 3 is 2.59 bits per heavy atom. The predicted octanol–water partition coefficient (Wildman–Crippen LogP) is -0.159. The Morgan fingerprint density at radius 1 is 1.53 bits per heavy atom. The lowest BCUT2D eigenvalue weighted by Crippen LogP contribution is -2.46. The SMILES string of the molecule is CC(C)N(CC(=O)O)C(=O)CN1CSCC1=O. The van der Waals surface area contributed by atoms with E-state index in [2.05, 4.69) is 0 Å². The number of rotatable bonds is 5. The number of amides is 2. The van der Waals surface area contributed by atoms with Gasteiger partial charge in [-0.3, -0.25) is 14.4 Å². The number of aliphatic carboxylic acids is 1. The van der Waals surface area contributed by atoms with Crippen LogP contribution in [0.5, 0.6) is 0 Å². The molecule has 0 atom stereocenters. The van der Waals surface area contributed by atoms with Crippen LogP contribution in [0.3, 0.4) is 0 Å². The van der Waals surface area contributed by atoms with Gasteiger partial charge in [-0.25, -0.2) is 0 Å². The van der Waals surface area contributed by atoms with Crippen molar-refractivity contribution in [2.24, 2.45) is 0 Å². The van der Waals surface area contributed by atoms with Crippen LogP contribution in [-0.2, 0) is 14.4 Å². The highest BCUT2D eigenvalue weighted by Crippen LogP contribution is 2.15. The summed E-state index contributed by atoms with van der Waals surface area (Å²) in [5.41, 5.74) is 0. The van der Waals surface area contributed by atoms with E-state index in [0.29, 0.717) is 11.6 Å². The first-order valence-electron chi connectivity index (χ1n) is 5.28. The summed E-state index contributed by atoms with van der Waals surface area (Å²) in [6.07, 6.45) is 0. The fourth-order valence-electron chi connectivity index (χ4n) is 1.50. The van der Waals surface area contributed by atoms with Gasteiger partial charge in [0.15, 0.2) is 0 Å². The van der Waals surface area contributed by atoms with Gasteiger partial charge in [0.2, 0.25) is 11.8 Å². The monoisotopic (exact) mass is 260 g/mol. The van der Waals surface area contributed by atoms with Crippen LogP contribution >= 0.6 is 11.8 Å². The molecule has 0 radical (unpaired) electrons.